The van der Waals surface area contributed by atoms with E-state index in [-0.39, 0.29) is 5.91 Å². The zero-order chi connectivity index (χ0) is 11.4. The molecule has 2 nitrogen and oxygen atoms in total. The smallest absolute Gasteiger partial charge is 0.261 e. The van der Waals surface area contributed by atoms with Gasteiger partial charge in [-0.05, 0) is 6.07 Å². The standard InChI is InChI=1S/C10H13NOS4/c12-10(9-3-7(13)5-16-9)11-4-8-6-14-1-2-15-8/h3,5,8,13H,1-2,4,6H2,(H,11,12). The zero-order valence-corrected chi connectivity index (χ0v) is 12.0. The lowest BCUT2D eigenvalue weighted by molar-refractivity contribution is 0.0958. The molecule has 1 atom stereocenters. The summed E-state index contributed by atoms with van der Waals surface area (Å²) in [5.74, 6) is 3.61. The molecule has 6 heteroatoms. The molecule has 2 heterocycles. The van der Waals surface area contributed by atoms with E-state index in [1.165, 1.54) is 22.8 Å². The Kier molecular flexibility index (Phi) is 4.94. The van der Waals surface area contributed by atoms with E-state index in [0.29, 0.717) is 5.25 Å². The fourth-order valence-corrected chi connectivity index (χ4v) is 5.07. The Labute approximate surface area is 113 Å². The lowest BCUT2D eigenvalue weighted by atomic mass is 10.4. The van der Waals surface area contributed by atoms with Crippen molar-refractivity contribution < 1.29 is 4.79 Å². The monoisotopic (exact) mass is 291 g/mol. The third kappa shape index (κ3) is 3.61. The van der Waals surface area contributed by atoms with Crippen LogP contribution in [-0.4, -0.2) is 35.0 Å². The summed E-state index contributed by atoms with van der Waals surface area (Å²) in [6.07, 6.45) is 0. The molecule has 0 saturated carbocycles. The van der Waals surface area contributed by atoms with E-state index in [4.69, 9.17) is 0 Å². The zero-order valence-electron chi connectivity index (χ0n) is 8.64. The van der Waals surface area contributed by atoms with Crippen LogP contribution in [0, 0.1) is 0 Å². The van der Waals surface area contributed by atoms with Crippen LogP contribution >= 0.6 is 47.5 Å². The summed E-state index contributed by atoms with van der Waals surface area (Å²) >= 11 is 9.57. The van der Waals surface area contributed by atoms with E-state index in [1.807, 2.05) is 35.0 Å². The van der Waals surface area contributed by atoms with Gasteiger partial charge in [0.1, 0.15) is 0 Å². The van der Waals surface area contributed by atoms with Gasteiger partial charge in [0.25, 0.3) is 5.91 Å². The van der Waals surface area contributed by atoms with Crippen molar-refractivity contribution in [1.29, 1.82) is 0 Å². The van der Waals surface area contributed by atoms with Gasteiger partial charge in [-0.25, -0.2) is 0 Å². The van der Waals surface area contributed by atoms with E-state index in [0.717, 1.165) is 22.1 Å². The average Bonchev–Trinajstić information content (AvgIpc) is 2.74. The second-order valence-electron chi connectivity index (χ2n) is 3.45. The SMILES string of the molecule is O=C(NCC1CSCCS1)c1cc(S)cs1. The predicted molar refractivity (Wildman–Crippen MR) is 77.5 cm³/mol. The molecule has 1 aliphatic rings. The summed E-state index contributed by atoms with van der Waals surface area (Å²) in [6, 6.07) is 1.81. The van der Waals surface area contributed by atoms with Crippen LogP contribution in [0.2, 0.25) is 0 Å². The van der Waals surface area contributed by atoms with Crippen molar-refractivity contribution in [3.05, 3.63) is 16.3 Å². The highest BCUT2D eigenvalue weighted by atomic mass is 32.2. The van der Waals surface area contributed by atoms with Gasteiger partial charge in [0.2, 0.25) is 0 Å². The largest absolute Gasteiger partial charge is 0.350 e. The average molecular weight is 291 g/mol. The molecule has 0 aromatic carbocycles. The molecular formula is C10H13NOS4. The number of hydrogen-bond donors (Lipinski definition) is 2. The fourth-order valence-electron chi connectivity index (χ4n) is 1.39. The first-order valence-electron chi connectivity index (χ1n) is 5.01. The van der Waals surface area contributed by atoms with Crippen LogP contribution in [-0.2, 0) is 0 Å². The molecule has 1 fully saturated rings. The highest BCUT2D eigenvalue weighted by Gasteiger charge is 2.16. The van der Waals surface area contributed by atoms with Gasteiger partial charge in [-0.3, -0.25) is 4.79 Å². The molecule has 1 aliphatic heterocycles. The molecule has 2 rings (SSSR count). The quantitative estimate of drug-likeness (QED) is 0.839. The molecule has 1 saturated heterocycles. The number of carbonyl (C=O) groups excluding carboxylic acids is 1. The minimum atomic E-state index is 0.0291. The minimum Gasteiger partial charge on any atom is -0.350 e. The lowest BCUT2D eigenvalue weighted by Crippen LogP contribution is -2.33. The Morgan fingerprint density at radius 1 is 1.56 bits per heavy atom. The molecule has 0 bridgehead atoms. The van der Waals surface area contributed by atoms with Crippen LogP contribution in [0.5, 0.6) is 0 Å². The summed E-state index contributed by atoms with van der Waals surface area (Å²) in [5, 5.41) is 5.43. The molecule has 1 N–H and O–H groups in total. The molecule has 0 aliphatic carbocycles. The third-order valence-corrected chi connectivity index (χ3v) is 6.39. The van der Waals surface area contributed by atoms with Gasteiger partial charge >= 0.3 is 0 Å². The Bertz CT molecular complexity index is 359. The van der Waals surface area contributed by atoms with Gasteiger partial charge in [0, 0.05) is 39.3 Å². The molecule has 88 valence electrons. The first-order valence-corrected chi connectivity index (χ1v) is 8.54. The van der Waals surface area contributed by atoms with Gasteiger partial charge in [0.15, 0.2) is 0 Å². The molecule has 16 heavy (non-hydrogen) atoms. The maximum absolute atomic E-state index is 11.7. The first kappa shape index (κ1) is 12.7. The summed E-state index contributed by atoms with van der Waals surface area (Å²) in [5.41, 5.74) is 0. The number of thiophene rings is 1. The van der Waals surface area contributed by atoms with E-state index in [2.05, 4.69) is 17.9 Å². The van der Waals surface area contributed by atoms with Crippen molar-refractivity contribution in [1.82, 2.24) is 5.32 Å². The van der Waals surface area contributed by atoms with E-state index in [1.54, 1.807) is 0 Å². The van der Waals surface area contributed by atoms with Crippen molar-refractivity contribution in [3.8, 4) is 0 Å². The van der Waals surface area contributed by atoms with Gasteiger partial charge in [-0.1, -0.05) is 0 Å². The Morgan fingerprint density at radius 3 is 3.06 bits per heavy atom. The summed E-state index contributed by atoms with van der Waals surface area (Å²) in [6.45, 7) is 0.774. The number of nitrogens with one attached hydrogen (secondary N) is 1. The number of rotatable bonds is 3. The molecular weight excluding hydrogens is 278 g/mol. The maximum atomic E-state index is 11.7. The van der Waals surface area contributed by atoms with Crippen LogP contribution in [0.15, 0.2) is 16.3 Å². The van der Waals surface area contributed by atoms with Crippen LogP contribution in [0.25, 0.3) is 0 Å². The molecule has 0 radical (unpaired) electrons. The van der Waals surface area contributed by atoms with Gasteiger partial charge < -0.3 is 5.32 Å². The van der Waals surface area contributed by atoms with Crippen molar-refractivity contribution in [2.75, 3.05) is 23.8 Å². The number of hydrogen-bond acceptors (Lipinski definition) is 5. The number of amides is 1. The normalized spacial score (nSPS) is 20.7. The number of thioether (sulfide) groups is 2. The Balaban J connectivity index is 1.79. The Hall–Kier alpha value is 0.220. The van der Waals surface area contributed by atoms with Crippen LogP contribution in [0.3, 0.4) is 0 Å². The van der Waals surface area contributed by atoms with E-state index in [9.17, 15) is 4.79 Å². The topological polar surface area (TPSA) is 29.1 Å². The second kappa shape index (κ2) is 6.23. The van der Waals surface area contributed by atoms with Gasteiger partial charge in [0.05, 0.1) is 4.88 Å². The summed E-state index contributed by atoms with van der Waals surface area (Å²) < 4.78 is 0. The lowest BCUT2D eigenvalue weighted by Gasteiger charge is -2.20. The van der Waals surface area contributed by atoms with Crippen molar-refractivity contribution in [2.24, 2.45) is 0 Å². The summed E-state index contributed by atoms with van der Waals surface area (Å²) in [7, 11) is 0. The van der Waals surface area contributed by atoms with Crippen LogP contribution < -0.4 is 5.32 Å². The molecule has 1 amide bonds. The maximum Gasteiger partial charge on any atom is 0.261 e. The van der Waals surface area contributed by atoms with Crippen molar-refractivity contribution in [3.63, 3.8) is 0 Å². The molecule has 1 unspecified atom stereocenters. The molecule has 0 spiro atoms. The number of thiol groups is 1. The highest BCUT2D eigenvalue weighted by Crippen LogP contribution is 2.23. The predicted octanol–water partition coefficient (Wildman–Crippen LogP) is 2.62. The third-order valence-electron chi connectivity index (χ3n) is 2.18. The first-order chi connectivity index (χ1) is 7.75. The van der Waals surface area contributed by atoms with E-state index >= 15 is 0 Å². The summed E-state index contributed by atoms with van der Waals surface area (Å²) in [4.78, 5) is 13.4. The van der Waals surface area contributed by atoms with Crippen LogP contribution in [0.4, 0.5) is 0 Å². The minimum absolute atomic E-state index is 0.0291. The van der Waals surface area contributed by atoms with Gasteiger partial charge in [-0.15, -0.1) is 24.0 Å². The molecule has 1 aromatic heterocycles. The molecule has 1 aromatic rings. The van der Waals surface area contributed by atoms with Crippen molar-refractivity contribution in [2.45, 2.75) is 10.1 Å². The fraction of sp³-hybridized carbons (Fsp3) is 0.500. The van der Waals surface area contributed by atoms with E-state index < -0.39 is 0 Å². The van der Waals surface area contributed by atoms with Crippen LogP contribution in [0.1, 0.15) is 9.67 Å². The van der Waals surface area contributed by atoms with Gasteiger partial charge in [-0.2, -0.15) is 23.5 Å². The highest BCUT2D eigenvalue weighted by molar-refractivity contribution is 8.06. The second-order valence-corrected chi connectivity index (χ2v) is 7.43. The Morgan fingerprint density at radius 2 is 2.44 bits per heavy atom. The number of carbonyl (C=O) groups is 1. The van der Waals surface area contributed by atoms with Crippen molar-refractivity contribution >= 4 is 53.4 Å².